The minimum absolute atomic E-state index is 0.0859. The van der Waals surface area contributed by atoms with Gasteiger partial charge >= 0.3 is 0 Å². The molecule has 0 unspecified atom stereocenters. The van der Waals surface area contributed by atoms with Crippen LogP contribution in [0.15, 0.2) is 12.1 Å². The molecule has 0 aliphatic carbocycles. The predicted octanol–water partition coefficient (Wildman–Crippen LogP) is 1.04. The fourth-order valence-corrected chi connectivity index (χ4v) is 2.64. The number of nitrogens with one attached hydrogen (secondary N) is 2. The summed E-state index contributed by atoms with van der Waals surface area (Å²) in [4.78, 5) is 1.10. The molecule has 15 heavy (non-hydrogen) atoms. The second-order valence-electron chi connectivity index (χ2n) is 2.91. The number of hydrogen-bond donors (Lipinski definition) is 2. The average Bonchev–Trinajstić information content (AvgIpc) is 2.59. The van der Waals surface area contributed by atoms with Gasteiger partial charge in [0.05, 0.1) is 10.1 Å². The van der Waals surface area contributed by atoms with Crippen LogP contribution in [-0.4, -0.2) is 27.8 Å². The number of sulfonamides is 1. The van der Waals surface area contributed by atoms with Gasteiger partial charge in [-0.2, -0.15) is 0 Å². The molecule has 4 nitrogen and oxygen atoms in total. The molecule has 1 aromatic heterocycles. The van der Waals surface area contributed by atoms with Crippen molar-refractivity contribution in [3.05, 3.63) is 21.3 Å². The van der Waals surface area contributed by atoms with E-state index >= 15 is 0 Å². The van der Waals surface area contributed by atoms with Gasteiger partial charge in [0.1, 0.15) is 0 Å². The summed E-state index contributed by atoms with van der Waals surface area (Å²) in [5.74, 6) is 0.0859. The Bertz CT molecular complexity index is 403. The van der Waals surface area contributed by atoms with Gasteiger partial charge < -0.3 is 5.32 Å². The maximum Gasteiger partial charge on any atom is 0.212 e. The molecule has 0 spiro atoms. The van der Waals surface area contributed by atoms with E-state index in [0.717, 1.165) is 9.21 Å². The molecule has 0 aromatic carbocycles. The molecule has 0 bridgehead atoms. The van der Waals surface area contributed by atoms with Crippen LogP contribution in [0.5, 0.6) is 0 Å². The van der Waals surface area contributed by atoms with E-state index in [1.165, 1.54) is 18.4 Å². The van der Waals surface area contributed by atoms with Gasteiger partial charge in [-0.15, -0.1) is 11.3 Å². The fourth-order valence-electron chi connectivity index (χ4n) is 0.967. The Labute approximate surface area is 98.7 Å². The highest BCUT2D eigenvalue weighted by Gasteiger charge is 2.05. The molecule has 86 valence electrons. The lowest BCUT2D eigenvalue weighted by Gasteiger charge is -2.03. The van der Waals surface area contributed by atoms with Crippen molar-refractivity contribution in [2.45, 2.75) is 6.54 Å². The molecule has 0 aliphatic heterocycles. The summed E-state index contributed by atoms with van der Waals surface area (Å²) in [6.45, 7) is 1.08. The standard InChI is InChI=1S/C8H13ClN2O2S2/c1-10-15(12,13)5-4-11-6-7-2-3-8(9)14-7/h2-3,10-11H,4-6H2,1H3. The van der Waals surface area contributed by atoms with Crippen molar-refractivity contribution < 1.29 is 8.42 Å². The van der Waals surface area contributed by atoms with Gasteiger partial charge in [0.15, 0.2) is 0 Å². The molecule has 2 N–H and O–H groups in total. The highest BCUT2D eigenvalue weighted by atomic mass is 35.5. The topological polar surface area (TPSA) is 58.2 Å². The zero-order valence-electron chi connectivity index (χ0n) is 8.29. The van der Waals surface area contributed by atoms with Gasteiger partial charge in [0, 0.05) is 18.0 Å². The van der Waals surface area contributed by atoms with Gasteiger partial charge in [-0.25, -0.2) is 13.1 Å². The van der Waals surface area contributed by atoms with E-state index in [-0.39, 0.29) is 5.75 Å². The van der Waals surface area contributed by atoms with Crippen molar-refractivity contribution in [3.63, 3.8) is 0 Å². The number of halogens is 1. The molecule has 1 rings (SSSR count). The maximum absolute atomic E-state index is 11.0. The first-order valence-electron chi connectivity index (χ1n) is 4.39. The van der Waals surface area contributed by atoms with Crippen molar-refractivity contribution in [3.8, 4) is 0 Å². The van der Waals surface area contributed by atoms with Gasteiger partial charge in [0.25, 0.3) is 0 Å². The Hall–Kier alpha value is -0.140. The summed E-state index contributed by atoms with van der Waals surface area (Å²) < 4.78 is 25.1. The van der Waals surface area contributed by atoms with Crippen molar-refractivity contribution >= 4 is 33.0 Å². The van der Waals surface area contributed by atoms with E-state index in [9.17, 15) is 8.42 Å². The number of thiophene rings is 1. The van der Waals surface area contributed by atoms with Crippen LogP contribution in [0.4, 0.5) is 0 Å². The monoisotopic (exact) mass is 268 g/mol. The highest BCUT2D eigenvalue weighted by molar-refractivity contribution is 7.89. The number of hydrogen-bond acceptors (Lipinski definition) is 4. The van der Waals surface area contributed by atoms with Gasteiger partial charge in [-0.05, 0) is 19.2 Å². The summed E-state index contributed by atoms with van der Waals surface area (Å²) in [6.07, 6.45) is 0. The van der Waals surface area contributed by atoms with E-state index in [0.29, 0.717) is 13.1 Å². The van der Waals surface area contributed by atoms with Crippen molar-refractivity contribution in [2.24, 2.45) is 0 Å². The minimum Gasteiger partial charge on any atom is -0.311 e. The SMILES string of the molecule is CNS(=O)(=O)CCNCc1ccc(Cl)s1. The van der Waals surface area contributed by atoms with Crippen LogP contribution in [0.1, 0.15) is 4.88 Å². The molecule has 1 heterocycles. The molecule has 0 fully saturated rings. The highest BCUT2D eigenvalue weighted by Crippen LogP contribution is 2.20. The molecule has 0 saturated carbocycles. The van der Waals surface area contributed by atoms with Crippen LogP contribution in [-0.2, 0) is 16.6 Å². The lowest BCUT2D eigenvalue weighted by molar-refractivity contribution is 0.583. The second-order valence-corrected chi connectivity index (χ2v) is 6.75. The first-order valence-corrected chi connectivity index (χ1v) is 7.24. The molecule has 7 heteroatoms. The lowest BCUT2D eigenvalue weighted by Crippen LogP contribution is -2.29. The van der Waals surface area contributed by atoms with Gasteiger partial charge in [0.2, 0.25) is 10.0 Å². The summed E-state index contributed by atoms with van der Waals surface area (Å²) in [6, 6.07) is 3.75. The van der Waals surface area contributed by atoms with Gasteiger partial charge in [-0.1, -0.05) is 11.6 Å². The third-order valence-corrected chi connectivity index (χ3v) is 4.38. The lowest BCUT2D eigenvalue weighted by atomic mass is 10.4. The molecule has 1 aromatic rings. The van der Waals surface area contributed by atoms with E-state index < -0.39 is 10.0 Å². The van der Waals surface area contributed by atoms with Crippen molar-refractivity contribution in [2.75, 3.05) is 19.3 Å². The Morgan fingerprint density at radius 1 is 1.47 bits per heavy atom. The van der Waals surface area contributed by atoms with Crippen LogP contribution in [0, 0.1) is 0 Å². The quantitative estimate of drug-likeness (QED) is 0.758. The molecular weight excluding hydrogens is 256 g/mol. The van der Waals surface area contributed by atoms with Gasteiger partial charge in [-0.3, -0.25) is 0 Å². The molecule has 0 atom stereocenters. The molecule has 0 radical (unpaired) electrons. The van der Waals surface area contributed by atoms with Crippen molar-refractivity contribution in [1.82, 2.24) is 10.0 Å². The van der Waals surface area contributed by atoms with Crippen LogP contribution < -0.4 is 10.0 Å². The average molecular weight is 269 g/mol. The number of rotatable bonds is 6. The summed E-state index contributed by atoms with van der Waals surface area (Å²) >= 11 is 7.24. The zero-order chi connectivity index (χ0) is 11.3. The van der Waals surface area contributed by atoms with Crippen LogP contribution in [0.25, 0.3) is 0 Å². The van der Waals surface area contributed by atoms with E-state index in [1.54, 1.807) is 0 Å². The fraction of sp³-hybridized carbons (Fsp3) is 0.500. The zero-order valence-corrected chi connectivity index (χ0v) is 10.7. The van der Waals surface area contributed by atoms with Crippen LogP contribution >= 0.6 is 22.9 Å². The first-order chi connectivity index (χ1) is 7.03. The van der Waals surface area contributed by atoms with Crippen LogP contribution in [0.3, 0.4) is 0 Å². The largest absolute Gasteiger partial charge is 0.311 e. The van der Waals surface area contributed by atoms with Crippen LogP contribution in [0.2, 0.25) is 4.34 Å². The Balaban J connectivity index is 2.23. The molecule has 0 aliphatic rings. The Morgan fingerprint density at radius 3 is 2.73 bits per heavy atom. The summed E-state index contributed by atoms with van der Waals surface area (Å²) in [5.41, 5.74) is 0. The van der Waals surface area contributed by atoms with E-state index in [1.807, 2.05) is 12.1 Å². The molecular formula is C8H13ClN2O2S2. The smallest absolute Gasteiger partial charge is 0.212 e. The first kappa shape index (κ1) is 12.9. The summed E-state index contributed by atoms with van der Waals surface area (Å²) in [5, 5.41) is 3.04. The third kappa shape index (κ3) is 4.94. The van der Waals surface area contributed by atoms with E-state index in [4.69, 9.17) is 11.6 Å². The minimum atomic E-state index is -3.10. The van der Waals surface area contributed by atoms with E-state index in [2.05, 4.69) is 10.0 Å². The predicted molar refractivity (Wildman–Crippen MR) is 63.9 cm³/mol. The second kappa shape index (κ2) is 5.81. The third-order valence-electron chi connectivity index (χ3n) is 1.79. The van der Waals surface area contributed by atoms with Crippen molar-refractivity contribution in [1.29, 1.82) is 0 Å². The maximum atomic E-state index is 11.0. The molecule has 0 saturated heterocycles. The molecule has 0 amide bonds. The Kier molecular flexibility index (Phi) is 5.01. The summed E-state index contributed by atoms with van der Waals surface area (Å²) in [7, 11) is -1.69. The normalized spacial score (nSPS) is 11.9. The Morgan fingerprint density at radius 2 is 2.20 bits per heavy atom.